The van der Waals surface area contributed by atoms with Crippen molar-refractivity contribution >= 4 is 35.2 Å². The first-order valence-electron chi connectivity index (χ1n) is 2.94. The lowest BCUT2D eigenvalue weighted by molar-refractivity contribution is -0.140. The highest BCUT2D eigenvalue weighted by molar-refractivity contribution is 7.14. The maximum Gasteiger partial charge on any atom is 0.319 e. The summed E-state index contributed by atoms with van der Waals surface area (Å²) in [6, 6.07) is 0. The molecule has 1 N–H and O–H groups in total. The largest absolute Gasteiger partial charge is 0.480 e. The molecule has 4 nitrogen and oxygen atoms in total. The van der Waals surface area contributed by atoms with Crippen molar-refractivity contribution in [2.24, 2.45) is 0 Å². The maximum atomic E-state index is 10.4. The van der Waals surface area contributed by atoms with E-state index >= 15 is 0 Å². The summed E-state index contributed by atoms with van der Waals surface area (Å²) in [6.07, 6.45) is 0.327. The van der Waals surface area contributed by atoms with Crippen LogP contribution in [-0.2, 0) is 9.59 Å². The number of rotatable bonds is 3. The maximum absolute atomic E-state index is 10.4. The minimum atomic E-state index is -1.22. The number of hydrogen-bond donors (Lipinski definition) is 1. The first kappa shape index (κ1) is 9.15. The number of carboxylic acids is 1. The van der Waals surface area contributed by atoms with Crippen LogP contribution in [0, 0.1) is 0 Å². The molecular weight excluding hydrogens is 202 g/mol. The van der Waals surface area contributed by atoms with Gasteiger partial charge in [0.05, 0.1) is 5.69 Å². The van der Waals surface area contributed by atoms with Crippen molar-refractivity contribution in [1.82, 2.24) is 4.98 Å². The van der Waals surface area contributed by atoms with E-state index in [0.717, 1.165) is 11.3 Å². The topological polar surface area (TPSA) is 67.3 Å². The molecule has 1 unspecified atom stereocenters. The fourth-order valence-electron chi connectivity index (χ4n) is 0.660. The zero-order valence-electron chi connectivity index (χ0n) is 5.73. The molecule has 1 aromatic rings. The number of thiazole rings is 1. The Hall–Kier alpha value is -0.940. The highest BCUT2D eigenvalue weighted by Crippen LogP contribution is 2.20. The average Bonchev–Trinajstić information content (AvgIpc) is 2.37. The van der Waals surface area contributed by atoms with Gasteiger partial charge in [-0.25, -0.2) is 4.98 Å². The molecule has 12 heavy (non-hydrogen) atoms. The number of carbonyl (C=O) groups excluding carboxylic acids is 1. The molecule has 0 aliphatic rings. The van der Waals surface area contributed by atoms with Gasteiger partial charge in [-0.1, -0.05) is 11.6 Å². The SMILES string of the molecule is O=CC(C(=O)O)c1csc(Cl)n1. The van der Waals surface area contributed by atoms with E-state index in [2.05, 4.69) is 4.98 Å². The van der Waals surface area contributed by atoms with E-state index < -0.39 is 11.9 Å². The Kier molecular flexibility index (Phi) is 2.78. The van der Waals surface area contributed by atoms with Crippen LogP contribution >= 0.6 is 22.9 Å². The first-order chi connectivity index (χ1) is 5.65. The molecule has 0 aromatic carbocycles. The predicted octanol–water partition coefficient (Wildman–Crippen LogP) is 1.16. The van der Waals surface area contributed by atoms with Crippen LogP contribution in [0.4, 0.5) is 0 Å². The van der Waals surface area contributed by atoms with Crippen LogP contribution in [0.3, 0.4) is 0 Å². The summed E-state index contributed by atoms with van der Waals surface area (Å²) in [4.78, 5) is 24.4. The Balaban J connectivity index is 2.94. The molecule has 1 aromatic heterocycles. The van der Waals surface area contributed by atoms with Crippen molar-refractivity contribution in [3.05, 3.63) is 15.5 Å². The zero-order chi connectivity index (χ0) is 9.14. The minimum Gasteiger partial charge on any atom is -0.480 e. The number of aliphatic carboxylic acids is 1. The molecule has 1 rings (SSSR count). The van der Waals surface area contributed by atoms with E-state index in [9.17, 15) is 9.59 Å². The van der Waals surface area contributed by atoms with Gasteiger partial charge < -0.3 is 9.90 Å². The van der Waals surface area contributed by atoms with Crippen molar-refractivity contribution in [2.45, 2.75) is 5.92 Å². The second-order valence-corrected chi connectivity index (χ2v) is 3.42. The Morgan fingerprint density at radius 2 is 2.50 bits per heavy atom. The van der Waals surface area contributed by atoms with Gasteiger partial charge in [-0.15, -0.1) is 11.3 Å². The van der Waals surface area contributed by atoms with Gasteiger partial charge in [0.25, 0.3) is 0 Å². The van der Waals surface area contributed by atoms with Crippen molar-refractivity contribution in [1.29, 1.82) is 0 Å². The Morgan fingerprint density at radius 3 is 2.83 bits per heavy atom. The fraction of sp³-hybridized carbons (Fsp3) is 0.167. The molecule has 0 bridgehead atoms. The minimum absolute atomic E-state index is 0.188. The lowest BCUT2D eigenvalue weighted by Crippen LogP contribution is -2.12. The van der Waals surface area contributed by atoms with Crippen LogP contribution in [0.5, 0.6) is 0 Å². The Bertz CT molecular complexity index is 311. The van der Waals surface area contributed by atoms with Crippen LogP contribution in [0.25, 0.3) is 0 Å². The van der Waals surface area contributed by atoms with E-state index in [1.54, 1.807) is 0 Å². The van der Waals surface area contributed by atoms with Crippen LogP contribution < -0.4 is 0 Å². The number of halogens is 1. The average molecular weight is 206 g/mol. The molecule has 64 valence electrons. The van der Waals surface area contributed by atoms with Gasteiger partial charge >= 0.3 is 5.97 Å². The molecular formula is C6H4ClNO3S. The number of aldehydes is 1. The molecule has 0 spiro atoms. The summed E-state index contributed by atoms with van der Waals surface area (Å²) in [5.74, 6) is -2.42. The van der Waals surface area contributed by atoms with E-state index in [1.165, 1.54) is 5.38 Å². The van der Waals surface area contributed by atoms with Gasteiger partial charge in [-0.3, -0.25) is 4.79 Å². The third-order valence-electron chi connectivity index (χ3n) is 1.21. The fourth-order valence-corrected chi connectivity index (χ4v) is 1.47. The molecule has 1 heterocycles. The molecule has 0 aliphatic heterocycles. The summed E-state index contributed by atoms with van der Waals surface area (Å²) >= 11 is 6.56. The predicted molar refractivity (Wildman–Crippen MR) is 43.6 cm³/mol. The van der Waals surface area contributed by atoms with Gasteiger partial charge in [0.15, 0.2) is 10.4 Å². The smallest absolute Gasteiger partial charge is 0.319 e. The normalized spacial score (nSPS) is 12.4. The molecule has 1 atom stereocenters. The van der Waals surface area contributed by atoms with E-state index in [4.69, 9.17) is 16.7 Å². The zero-order valence-corrected chi connectivity index (χ0v) is 7.30. The highest BCUT2D eigenvalue weighted by Gasteiger charge is 2.21. The van der Waals surface area contributed by atoms with Gasteiger partial charge in [-0.05, 0) is 0 Å². The number of nitrogens with zero attached hydrogens (tertiary/aromatic N) is 1. The highest BCUT2D eigenvalue weighted by atomic mass is 35.5. The summed E-state index contributed by atoms with van der Waals surface area (Å²) < 4.78 is 0.234. The van der Waals surface area contributed by atoms with Crippen molar-refractivity contribution < 1.29 is 14.7 Å². The molecule has 0 amide bonds. The van der Waals surface area contributed by atoms with Crippen LogP contribution in [-0.4, -0.2) is 22.3 Å². The van der Waals surface area contributed by atoms with Crippen LogP contribution in [0.15, 0.2) is 5.38 Å². The Morgan fingerprint density at radius 1 is 1.83 bits per heavy atom. The molecule has 0 aliphatic carbocycles. The number of hydrogen-bond acceptors (Lipinski definition) is 4. The van der Waals surface area contributed by atoms with Gasteiger partial charge in [0.2, 0.25) is 0 Å². The Labute approximate surface area is 76.8 Å². The second kappa shape index (κ2) is 3.64. The second-order valence-electron chi connectivity index (χ2n) is 1.98. The lowest BCUT2D eigenvalue weighted by Gasteiger charge is -1.97. The third-order valence-corrected chi connectivity index (χ3v) is 2.21. The summed E-state index contributed by atoms with van der Waals surface area (Å²) in [7, 11) is 0. The monoisotopic (exact) mass is 205 g/mol. The number of carboxylic acid groups (broad SMARTS) is 1. The first-order valence-corrected chi connectivity index (χ1v) is 4.20. The molecule has 0 saturated heterocycles. The number of carbonyl (C=O) groups is 2. The van der Waals surface area contributed by atoms with E-state index in [1.807, 2.05) is 0 Å². The standard InChI is InChI=1S/C6H4ClNO3S/c7-6-8-4(2-12-6)3(1-9)5(10)11/h1-3H,(H,10,11). The van der Waals surface area contributed by atoms with Gasteiger partial charge in [0.1, 0.15) is 6.29 Å². The lowest BCUT2D eigenvalue weighted by atomic mass is 10.1. The number of aromatic nitrogens is 1. The summed E-state index contributed by atoms with van der Waals surface area (Å²) in [5.41, 5.74) is 0.188. The van der Waals surface area contributed by atoms with Gasteiger partial charge in [-0.2, -0.15) is 0 Å². The third kappa shape index (κ3) is 1.80. The van der Waals surface area contributed by atoms with Crippen molar-refractivity contribution in [2.75, 3.05) is 0 Å². The summed E-state index contributed by atoms with van der Waals surface area (Å²) in [5, 5.41) is 9.98. The van der Waals surface area contributed by atoms with Gasteiger partial charge in [0, 0.05) is 5.38 Å². The van der Waals surface area contributed by atoms with Crippen molar-refractivity contribution in [3.8, 4) is 0 Å². The quantitative estimate of drug-likeness (QED) is 0.594. The molecule has 0 radical (unpaired) electrons. The van der Waals surface area contributed by atoms with E-state index in [-0.39, 0.29) is 10.2 Å². The molecule has 6 heteroatoms. The molecule has 0 fully saturated rings. The van der Waals surface area contributed by atoms with Crippen LogP contribution in [0.1, 0.15) is 11.6 Å². The summed E-state index contributed by atoms with van der Waals surface area (Å²) in [6.45, 7) is 0. The van der Waals surface area contributed by atoms with Crippen LogP contribution in [0.2, 0.25) is 4.47 Å². The van der Waals surface area contributed by atoms with E-state index in [0.29, 0.717) is 6.29 Å². The van der Waals surface area contributed by atoms with Crippen molar-refractivity contribution in [3.63, 3.8) is 0 Å². The molecule has 0 saturated carbocycles.